The zero-order valence-electron chi connectivity index (χ0n) is 13.1. The monoisotopic (exact) mass is 320 g/mol. The molecule has 4 heterocycles. The van der Waals surface area contributed by atoms with E-state index in [9.17, 15) is 0 Å². The van der Waals surface area contributed by atoms with Crippen LogP contribution in [0.2, 0.25) is 0 Å². The summed E-state index contributed by atoms with van der Waals surface area (Å²) in [6.07, 6.45) is 5.10. The molecule has 2 bridgehead atoms. The number of hydrogen-bond acceptors (Lipinski definition) is 3. The molecule has 116 valence electrons. The van der Waals surface area contributed by atoms with Crippen LogP contribution in [0.3, 0.4) is 0 Å². The highest BCUT2D eigenvalue weighted by molar-refractivity contribution is 7.99. The van der Waals surface area contributed by atoms with Crippen molar-refractivity contribution in [1.82, 2.24) is 4.90 Å². The molecule has 2 aromatic rings. The first kappa shape index (κ1) is 13.7. The third-order valence-electron chi connectivity index (χ3n) is 5.28. The van der Waals surface area contributed by atoms with Gasteiger partial charge in [0.25, 0.3) is 0 Å². The summed E-state index contributed by atoms with van der Waals surface area (Å²) >= 11 is 1.88. The molecule has 3 saturated heterocycles. The molecule has 0 N–H and O–H groups in total. The molecule has 3 fully saturated rings. The van der Waals surface area contributed by atoms with E-state index in [1.807, 2.05) is 11.8 Å². The summed E-state index contributed by atoms with van der Waals surface area (Å²) in [5.74, 6) is 0.786. The summed E-state index contributed by atoms with van der Waals surface area (Å²) in [5.41, 5.74) is 4.25. The van der Waals surface area contributed by atoms with E-state index in [-0.39, 0.29) is 0 Å². The molecule has 0 radical (unpaired) electrons. The predicted octanol–water partition coefficient (Wildman–Crippen LogP) is 4.90. The van der Waals surface area contributed by atoms with Crippen LogP contribution in [0.15, 0.2) is 70.1 Å². The Morgan fingerprint density at radius 3 is 2.04 bits per heavy atom. The van der Waals surface area contributed by atoms with E-state index in [4.69, 9.17) is 0 Å². The number of hydrogen-bond donors (Lipinski definition) is 0. The van der Waals surface area contributed by atoms with E-state index in [2.05, 4.69) is 64.5 Å². The summed E-state index contributed by atoms with van der Waals surface area (Å²) in [5, 5.41) is 0. The van der Waals surface area contributed by atoms with Crippen molar-refractivity contribution in [2.75, 3.05) is 24.5 Å². The van der Waals surface area contributed by atoms with Crippen LogP contribution in [0.1, 0.15) is 12.8 Å². The number of piperidine rings is 3. The molecular formula is C20H20N2S. The number of nitrogens with zero attached hydrogens (tertiary/aromatic N) is 2. The largest absolute Gasteiger partial charge is 0.315 e. The lowest BCUT2D eigenvalue weighted by Crippen LogP contribution is -2.43. The van der Waals surface area contributed by atoms with Crippen molar-refractivity contribution in [3.8, 4) is 0 Å². The molecule has 0 spiro atoms. The van der Waals surface area contributed by atoms with Gasteiger partial charge in [-0.25, -0.2) is 0 Å². The third-order valence-corrected chi connectivity index (χ3v) is 6.41. The van der Waals surface area contributed by atoms with Crippen molar-refractivity contribution < 1.29 is 0 Å². The molecule has 2 aromatic carbocycles. The highest BCUT2D eigenvalue weighted by Crippen LogP contribution is 2.48. The molecular weight excluding hydrogens is 300 g/mol. The van der Waals surface area contributed by atoms with Crippen molar-refractivity contribution >= 4 is 23.1 Å². The van der Waals surface area contributed by atoms with Crippen LogP contribution >= 0.6 is 11.8 Å². The third kappa shape index (κ3) is 2.30. The van der Waals surface area contributed by atoms with Gasteiger partial charge >= 0.3 is 0 Å². The van der Waals surface area contributed by atoms with Crippen LogP contribution in [0.5, 0.6) is 0 Å². The molecule has 23 heavy (non-hydrogen) atoms. The van der Waals surface area contributed by atoms with E-state index in [1.165, 1.54) is 47.1 Å². The van der Waals surface area contributed by atoms with E-state index in [0.29, 0.717) is 0 Å². The average Bonchev–Trinajstić information content (AvgIpc) is 2.62. The molecule has 6 rings (SSSR count). The summed E-state index contributed by atoms with van der Waals surface area (Å²) in [4.78, 5) is 7.73. The van der Waals surface area contributed by atoms with Gasteiger partial charge in [0.1, 0.15) is 0 Å². The van der Waals surface area contributed by atoms with Gasteiger partial charge in [-0.3, -0.25) is 4.90 Å². The van der Waals surface area contributed by atoms with Gasteiger partial charge in [0.05, 0.1) is 11.4 Å². The second-order valence-corrected chi connectivity index (χ2v) is 7.75. The van der Waals surface area contributed by atoms with Gasteiger partial charge in [-0.15, -0.1) is 0 Å². The van der Waals surface area contributed by atoms with Gasteiger partial charge in [0.2, 0.25) is 0 Å². The predicted molar refractivity (Wildman–Crippen MR) is 96.4 cm³/mol. The van der Waals surface area contributed by atoms with E-state index >= 15 is 0 Å². The fourth-order valence-electron chi connectivity index (χ4n) is 4.03. The number of anilines is 2. The summed E-state index contributed by atoms with van der Waals surface area (Å²) in [6.45, 7) is 3.72. The Morgan fingerprint density at radius 1 is 0.870 bits per heavy atom. The lowest BCUT2D eigenvalue weighted by Gasteiger charge is -2.42. The summed E-state index contributed by atoms with van der Waals surface area (Å²) in [6, 6.07) is 17.5. The second kappa shape index (κ2) is 5.43. The van der Waals surface area contributed by atoms with Crippen molar-refractivity contribution in [2.45, 2.75) is 22.6 Å². The lowest BCUT2D eigenvalue weighted by molar-refractivity contribution is 0.161. The highest BCUT2D eigenvalue weighted by atomic mass is 32.2. The van der Waals surface area contributed by atoms with Gasteiger partial charge in [-0.2, -0.15) is 0 Å². The first-order chi connectivity index (χ1) is 11.4. The van der Waals surface area contributed by atoms with Crippen LogP contribution in [0.25, 0.3) is 0 Å². The van der Waals surface area contributed by atoms with Crippen molar-refractivity contribution in [2.24, 2.45) is 5.92 Å². The normalized spacial score (nSPS) is 27.0. The molecule has 3 heteroatoms. The highest BCUT2D eigenvalue weighted by Gasteiger charge is 2.31. The average molecular weight is 320 g/mol. The maximum atomic E-state index is 2.60. The van der Waals surface area contributed by atoms with Crippen LogP contribution < -0.4 is 4.90 Å². The maximum absolute atomic E-state index is 2.60. The Hall–Kier alpha value is -1.71. The Bertz CT molecular complexity index is 729. The minimum atomic E-state index is 0.786. The second-order valence-electron chi connectivity index (χ2n) is 6.66. The molecule has 2 nitrogen and oxygen atoms in total. The number of benzene rings is 2. The molecule has 0 aromatic heterocycles. The van der Waals surface area contributed by atoms with Gasteiger partial charge in [-0.1, -0.05) is 36.0 Å². The van der Waals surface area contributed by atoms with E-state index in [1.54, 1.807) is 5.57 Å². The number of fused-ring (bicyclic) bond motifs is 5. The van der Waals surface area contributed by atoms with E-state index in [0.717, 1.165) is 12.5 Å². The zero-order valence-corrected chi connectivity index (χ0v) is 13.9. The van der Waals surface area contributed by atoms with Crippen molar-refractivity contribution in [3.05, 3.63) is 60.3 Å². The molecule has 0 unspecified atom stereocenters. The SMILES string of the molecule is C(=C1CN2CCC1CC2)N1c2ccccc2Sc2ccccc21. The van der Waals surface area contributed by atoms with Crippen LogP contribution in [-0.2, 0) is 0 Å². The Kier molecular flexibility index (Phi) is 3.24. The van der Waals surface area contributed by atoms with Gasteiger partial charge in [-0.05, 0) is 61.7 Å². The molecule has 0 atom stereocenters. The van der Waals surface area contributed by atoms with Gasteiger partial charge in [0, 0.05) is 22.5 Å². The van der Waals surface area contributed by atoms with Gasteiger partial charge < -0.3 is 4.90 Å². The summed E-state index contributed by atoms with van der Waals surface area (Å²) < 4.78 is 0. The molecule has 4 aliphatic rings. The fourth-order valence-corrected chi connectivity index (χ4v) is 5.11. The molecule has 0 aliphatic carbocycles. The first-order valence-electron chi connectivity index (χ1n) is 8.46. The van der Waals surface area contributed by atoms with Crippen molar-refractivity contribution in [1.29, 1.82) is 0 Å². The first-order valence-corrected chi connectivity index (χ1v) is 9.28. The lowest BCUT2D eigenvalue weighted by atomic mass is 9.84. The smallest absolute Gasteiger partial charge is 0.0595 e. The fraction of sp³-hybridized carbons (Fsp3) is 0.300. The summed E-state index contributed by atoms with van der Waals surface area (Å²) in [7, 11) is 0. The molecule has 0 saturated carbocycles. The van der Waals surface area contributed by atoms with Crippen molar-refractivity contribution in [3.63, 3.8) is 0 Å². The van der Waals surface area contributed by atoms with E-state index < -0.39 is 0 Å². The number of para-hydroxylation sites is 2. The van der Waals surface area contributed by atoms with Crippen LogP contribution in [-0.4, -0.2) is 24.5 Å². The standard InChI is InChI=1S/C20H20N2S/c1-3-7-19-17(5-1)22(18-6-2-4-8-20(18)23-19)14-16-13-21-11-9-15(16)10-12-21/h1-8,14-15H,9-13H2. The Balaban J connectivity index is 1.62. The Labute approximate surface area is 141 Å². The van der Waals surface area contributed by atoms with Crippen LogP contribution in [0, 0.1) is 5.92 Å². The van der Waals surface area contributed by atoms with Gasteiger partial charge in [0.15, 0.2) is 0 Å². The zero-order chi connectivity index (χ0) is 15.2. The quantitative estimate of drug-likeness (QED) is 0.738. The number of rotatable bonds is 1. The maximum Gasteiger partial charge on any atom is 0.0595 e. The minimum absolute atomic E-state index is 0.786. The minimum Gasteiger partial charge on any atom is -0.315 e. The molecule has 0 amide bonds. The van der Waals surface area contributed by atoms with Crippen LogP contribution in [0.4, 0.5) is 11.4 Å². The Morgan fingerprint density at radius 2 is 1.48 bits per heavy atom. The topological polar surface area (TPSA) is 6.48 Å². The molecule has 4 aliphatic heterocycles.